The van der Waals surface area contributed by atoms with Gasteiger partial charge in [-0.2, -0.15) is 4.98 Å². The van der Waals surface area contributed by atoms with E-state index < -0.39 is 10.0 Å². The van der Waals surface area contributed by atoms with E-state index >= 15 is 0 Å². The fourth-order valence-electron chi connectivity index (χ4n) is 5.24. The van der Waals surface area contributed by atoms with Gasteiger partial charge < -0.3 is 24.4 Å². The Kier molecular flexibility index (Phi) is 7.86. The van der Waals surface area contributed by atoms with Crippen LogP contribution in [0.4, 0.5) is 23.0 Å². The van der Waals surface area contributed by atoms with Crippen molar-refractivity contribution in [2.75, 3.05) is 62.1 Å². The molecule has 0 unspecified atom stereocenters. The first kappa shape index (κ1) is 27.7. The molecule has 0 atom stereocenters. The van der Waals surface area contributed by atoms with Gasteiger partial charge in [0.05, 0.1) is 31.3 Å². The number of aromatic nitrogens is 3. The predicted molar refractivity (Wildman–Crippen MR) is 162 cm³/mol. The van der Waals surface area contributed by atoms with Crippen LogP contribution in [0.3, 0.4) is 0 Å². The Balaban J connectivity index is 1.36. The third kappa shape index (κ3) is 5.85. The first-order valence-corrected chi connectivity index (χ1v) is 15.2. The number of anilines is 4. The van der Waals surface area contributed by atoms with Crippen LogP contribution >= 0.6 is 0 Å². The van der Waals surface area contributed by atoms with E-state index in [9.17, 15) is 8.42 Å². The summed E-state index contributed by atoms with van der Waals surface area (Å²) < 4.78 is 33.4. The van der Waals surface area contributed by atoms with E-state index in [-0.39, 0.29) is 0 Å². The Morgan fingerprint density at radius 1 is 1.07 bits per heavy atom. The molecule has 0 bridgehead atoms. The molecule has 11 heteroatoms. The lowest BCUT2D eigenvalue weighted by molar-refractivity contribution is 0.249. The molecule has 40 heavy (non-hydrogen) atoms. The number of para-hydroxylation sites is 1. The SMILES string of the molecule is COc1cc(Nc2ncc3ccn(Cc4ccccc4N(C)S(C)(=O)=O)c3n2)ccc1N1CCC(N(C)C)CC1. The summed E-state index contributed by atoms with van der Waals surface area (Å²) in [5.74, 6) is 1.28. The molecular weight excluding hydrogens is 526 g/mol. The molecular formula is C29H37N7O3S. The summed E-state index contributed by atoms with van der Waals surface area (Å²) in [6.07, 6.45) is 7.18. The van der Waals surface area contributed by atoms with Crippen molar-refractivity contribution in [1.29, 1.82) is 0 Å². The second kappa shape index (κ2) is 11.3. The molecule has 0 radical (unpaired) electrons. The van der Waals surface area contributed by atoms with E-state index in [0.717, 1.165) is 59.7 Å². The van der Waals surface area contributed by atoms with Gasteiger partial charge in [0, 0.05) is 55.7 Å². The highest BCUT2D eigenvalue weighted by Crippen LogP contribution is 2.34. The van der Waals surface area contributed by atoms with E-state index in [1.807, 2.05) is 53.2 Å². The predicted octanol–water partition coefficient (Wildman–Crippen LogP) is 4.16. The summed E-state index contributed by atoms with van der Waals surface area (Å²) in [6, 6.07) is 16.2. The Labute approximate surface area is 236 Å². The van der Waals surface area contributed by atoms with Crippen molar-refractivity contribution in [2.24, 2.45) is 0 Å². The number of ether oxygens (including phenoxy) is 1. The van der Waals surface area contributed by atoms with Gasteiger partial charge in [0.1, 0.15) is 11.4 Å². The number of rotatable bonds is 9. The number of benzene rings is 2. The lowest BCUT2D eigenvalue weighted by Gasteiger charge is -2.37. The normalized spacial score (nSPS) is 14.6. The van der Waals surface area contributed by atoms with E-state index in [4.69, 9.17) is 9.72 Å². The van der Waals surface area contributed by atoms with Crippen LogP contribution in [0, 0.1) is 0 Å². The average Bonchev–Trinajstić information content (AvgIpc) is 3.34. The van der Waals surface area contributed by atoms with E-state index in [1.54, 1.807) is 20.4 Å². The second-order valence-corrected chi connectivity index (χ2v) is 12.5. The molecule has 10 nitrogen and oxygen atoms in total. The van der Waals surface area contributed by atoms with E-state index in [1.165, 1.54) is 10.6 Å². The van der Waals surface area contributed by atoms with Gasteiger partial charge in [-0.15, -0.1) is 0 Å². The maximum absolute atomic E-state index is 12.2. The van der Waals surface area contributed by atoms with Gasteiger partial charge in [-0.05, 0) is 56.8 Å². The Morgan fingerprint density at radius 3 is 2.52 bits per heavy atom. The standard InChI is InChI=1S/C29H37N7O3S/c1-33(2)24-13-16-35(17-14-24)26-11-10-23(18-27(26)39-4)31-29-30-19-21-12-15-36(28(21)32-29)20-22-8-6-7-9-25(22)34(3)40(5,37)38/h6-12,15,18-19,24H,13-14,16-17,20H2,1-5H3,(H,30,31,32). The maximum Gasteiger partial charge on any atom is 0.232 e. The summed E-state index contributed by atoms with van der Waals surface area (Å²) in [5.41, 5.74) is 4.18. The first-order valence-electron chi connectivity index (χ1n) is 13.3. The van der Waals surface area contributed by atoms with Crippen LogP contribution in [0.1, 0.15) is 18.4 Å². The van der Waals surface area contributed by atoms with E-state index in [0.29, 0.717) is 24.2 Å². The molecule has 0 aliphatic carbocycles. The van der Waals surface area contributed by atoms with Gasteiger partial charge in [-0.1, -0.05) is 18.2 Å². The third-order valence-electron chi connectivity index (χ3n) is 7.64. The number of sulfonamides is 1. The number of fused-ring (bicyclic) bond motifs is 1. The number of nitrogens with one attached hydrogen (secondary N) is 1. The van der Waals surface area contributed by atoms with Gasteiger partial charge in [0.25, 0.3) is 0 Å². The quantitative estimate of drug-likeness (QED) is 0.324. The van der Waals surface area contributed by atoms with Gasteiger partial charge in [-0.3, -0.25) is 4.31 Å². The van der Waals surface area contributed by atoms with Crippen LogP contribution in [0.25, 0.3) is 11.0 Å². The highest BCUT2D eigenvalue weighted by molar-refractivity contribution is 7.92. The minimum absolute atomic E-state index is 0.461. The van der Waals surface area contributed by atoms with Crippen LogP contribution < -0.4 is 19.3 Å². The molecule has 1 aliphatic heterocycles. The molecule has 1 aliphatic rings. The fraction of sp³-hybridized carbons (Fsp3) is 0.379. The molecule has 4 aromatic rings. The zero-order valence-electron chi connectivity index (χ0n) is 23.7. The molecule has 2 aromatic carbocycles. The topological polar surface area (TPSA) is 95.8 Å². The highest BCUT2D eigenvalue weighted by atomic mass is 32.2. The lowest BCUT2D eigenvalue weighted by Crippen LogP contribution is -2.42. The van der Waals surface area contributed by atoms with Gasteiger partial charge in [0.15, 0.2) is 0 Å². The van der Waals surface area contributed by atoms with Crippen LogP contribution in [0.2, 0.25) is 0 Å². The van der Waals surface area contributed by atoms with Crippen LogP contribution in [-0.2, 0) is 16.6 Å². The monoisotopic (exact) mass is 563 g/mol. The number of piperidine rings is 1. The Morgan fingerprint density at radius 2 is 1.82 bits per heavy atom. The third-order valence-corrected chi connectivity index (χ3v) is 8.83. The summed E-state index contributed by atoms with van der Waals surface area (Å²) in [5, 5.41) is 4.22. The van der Waals surface area contributed by atoms with Gasteiger partial charge >= 0.3 is 0 Å². The average molecular weight is 564 g/mol. The second-order valence-electron chi connectivity index (χ2n) is 10.5. The number of methoxy groups -OCH3 is 1. The largest absolute Gasteiger partial charge is 0.495 e. The van der Waals surface area contributed by atoms with Crippen molar-refractivity contribution in [1.82, 2.24) is 19.4 Å². The smallest absolute Gasteiger partial charge is 0.232 e. The van der Waals surface area contributed by atoms with Crippen molar-refractivity contribution in [3.63, 3.8) is 0 Å². The number of nitrogens with zero attached hydrogens (tertiary/aromatic N) is 6. The summed E-state index contributed by atoms with van der Waals surface area (Å²) in [7, 11) is 4.17. The van der Waals surface area contributed by atoms with Crippen LogP contribution in [-0.4, -0.2) is 81.5 Å². The summed E-state index contributed by atoms with van der Waals surface area (Å²) in [4.78, 5) is 14.0. The first-order chi connectivity index (χ1) is 19.1. The summed E-state index contributed by atoms with van der Waals surface area (Å²) in [6.45, 7) is 2.45. The van der Waals surface area contributed by atoms with Crippen molar-refractivity contribution in [2.45, 2.75) is 25.4 Å². The maximum atomic E-state index is 12.2. The molecule has 3 heterocycles. The lowest BCUT2D eigenvalue weighted by atomic mass is 10.0. The summed E-state index contributed by atoms with van der Waals surface area (Å²) >= 11 is 0. The molecule has 1 N–H and O–H groups in total. The van der Waals surface area contributed by atoms with Gasteiger partial charge in [0.2, 0.25) is 16.0 Å². The molecule has 212 valence electrons. The molecule has 0 spiro atoms. The van der Waals surface area contributed by atoms with E-state index in [2.05, 4.69) is 40.3 Å². The minimum atomic E-state index is -3.39. The molecule has 0 amide bonds. The van der Waals surface area contributed by atoms with Crippen molar-refractivity contribution < 1.29 is 13.2 Å². The molecule has 2 aromatic heterocycles. The van der Waals surface area contributed by atoms with Crippen molar-refractivity contribution in [3.05, 3.63) is 66.5 Å². The number of hydrogen-bond donors (Lipinski definition) is 1. The van der Waals surface area contributed by atoms with Crippen molar-refractivity contribution in [3.8, 4) is 5.75 Å². The minimum Gasteiger partial charge on any atom is -0.495 e. The Bertz CT molecular complexity index is 1590. The fourth-order valence-corrected chi connectivity index (χ4v) is 5.78. The number of hydrogen-bond acceptors (Lipinski definition) is 8. The zero-order chi connectivity index (χ0) is 28.4. The van der Waals surface area contributed by atoms with Crippen molar-refractivity contribution >= 4 is 44.1 Å². The zero-order valence-corrected chi connectivity index (χ0v) is 24.5. The van der Waals surface area contributed by atoms with Crippen LogP contribution in [0.5, 0.6) is 5.75 Å². The Hall–Kier alpha value is -3.83. The molecule has 0 saturated carbocycles. The molecule has 1 fully saturated rings. The molecule has 1 saturated heterocycles. The van der Waals surface area contributed by atoms with Crippen LogP contribution in [0.15, 0.2) is 60.9 Å². The molecule has 5 rings (SSSR count). The highest BCUT2D eigenvalue weighted by Gasteiger charge is 2.23. The van der Waals surface area contributed by atoms with Gasteiger partial charge in [-0.25, -0.2) is 13.4 Å².